The Kier molecular flexibility index (Phi) is 2.25. The molecule has 3 rings (SSSR count). The number of aromatic nitrogens is 3. The Morgan fingerprint density at radius 2 is 2.00 bits per heavy atom. The normalized spacial score (nSPS) is 18.2. The van der Waals surface area contributed by atoms with Gasteiger partial charge in [-0.15, -0.1) is 0 Å². The van der Waals surface area contributed by atoms with Crippen LogP contribution in [0.15, 0.2) is 18.5 Å². The first-order valence-electron chi connectivity index (χ1n) is 5.55. The summed E-state index contributed by atoms with van der Waals surface area (Å²) in [6.07, 6.45) is 3.74. The van der Waals surface area contributed by atoms with Gasteiger partial charge in [0.05, 0.1) is 18.1 Å². The Balaban J connectivity index is 1.87. The van der Waals surface area contributed by atoms with Gasteiger partial charge in [-0.25, -0.2) is 4.98 Å². The Morgan fingerprint density at radius 1 is 1.19 bits per heavy atom. The number of nitrogens with one attached hydrogen (secondary N) is 1. The van der Waals surface area contributed by atoms with Crippen molar-refractivity contribution in [2.45, 2.75) is 0 Å². The molecule has 5 nitrogen and oxygen atoms in total. The van der Waals surface area contributed by atoms with Crippen molar-refractivity contribution in [1.29, 1.82) is 0 Å². The maximum absolute atomic E-state index is 4.36. The van der Waals surface area contributed by atoms with Gasteiger partial charge in [0.15, 0.2) is 5.65 Å². The molecule has 1 saturated heterocycles. The molecular formula is C11H15N5. The van der Waals surface area contributed by atoms with Crippen LogP contribution < -0.4 is 4.90 Å². The maximum atomic E-state index is 4.36. The molecule has 0 atom stereocenters. The molecule has 1 N–H and O–H groups in total. The summed E-state index contributed by atoms with van der Waals surface area (Å²) in [7, 11) is 2.16. The molecule has 16 heavy (non-hydrogen) atoms. The summed E-state index contributed by atoms with van der Waals surface area (Å²) in [6.45, 7) is 4.37. The van der Waals surface area contributed by atoms with Crippen LogP contribution in [0.25, 0.3) is 11.0 Å². The van der Waals surface area contributed by atoms with Gasteiger partial charge >= 0.3 is 0 Å². The minimum atomic E-state index is 0.859. The van der Waals surface area contributed by atoms with Crippen LogP contribution >= 0.6 is 0 Å². The molecule has 0 radical (unpaired) electrons. The number of rotatable bonds is 1. The predicted molar refractivity (Wildman–Crippen MR) is 63.6 cm³/mol. The summed E-state index contributed by atoms with van der Waals surface area (Å²) in [5, 5.41) is 7.93. The lowest BCUT2D eigenvalue weighted by molar-refractivity contribution is 0.313. The van der Waals surface area contributed by atoms with Gasteiger partial charge in [-0.2, -0.15) is 5.10 Å². The lowest BCUT2D eigenvalue weighted by atomic mass is 10.2. The second-order valence-electron chi connectivity index (χ2n) is 4.29. The molecule has 0 spiro atoms. The van der Waals surface area contributed by atoms with Gasteiger partial charge in [0, 0.05) is 31.6 Å². The molecule has 3 heterocycles. The molecule has 0 saturated carbocycles. The zero-order valence-electron chi connectivity index (χ0n) is 9.35. The molecule has 84 valence electrons. The molecular weight excluding hydrogens is 202 g/mol. The van der Waals surface area contributed by atoms with Crippen LogP contribution in [0.3, 0.4) is 0 Å². The van der Waals surface area contributed by atoms with Crippen LogP contribution in [0, 0.1) is 0 Å². The molecule has 2 aromatic heterocycles. The van der Waals surface area contributed by atoms with E-state index in [4.69, 9.17) is 0 Å². The van der Waals surface area contributed by atoms with E-state index in [1.807, 2.05) is 12.4 Å². The molecule has 1 aliphatic heterocycles. The maximum Gasteiger partial charge on any atom is 0.155 e. The average molecular weight is 217 g/mol. The fraction of sp³-hybridized carbons (Fsp3) is 0.455. The van der Waals surface area contributed by atoms with E-state index in [2.05, 4.69) is 38.1 Å². The van der Waals surface area contributed by atoms with Crippen LogP contribution in [0.5, 0.6) is 0 Å². The molecule has 0 unspecified atom stereocenters. The number of pyridine rings is 1. The number of nitrogens with zero attached hydrogens (tertiary/aromatic N) is 4. The minimum Gasteiger partial charge on any atom is -0.368 e. The van der Waals surface area contributed by atoms with Crippen molar-refractivity contribution in [1.82, 2.24) is 20.1 Å². The summed E-state index contributed by atoms with van der Waals surface area (Å²) in [5.41, 5.74) is 2.06. The highest BCUT2D eigenvalue weighted by Crippen LogP contribution is 2.19. The van der Waals surface area contributed by atoms with E-state index in [1.165, 1.54) is 5.69 Å². The first-order valence-corrected chi connectivity index (χ1v) is 5.55. The lowest BCUT2D eigenvalue weighted by Crippen LogP contribution is -2.44. The topological polar surface area (TPSA) is 48.0 Å². The van der Waals surface area contributed by atoms with Gasteiger partial charge in [0.1, 0.15) is 0 Å². The van der Waals surface area contributed by atoms with Crippen LogP contribution in [0.2, 0.25) is 0 Å². The van der Waals surface area contributed by atoms with E-state index < -0.39 is 0 Å². The summed E-state index contributed by atoms with van der Waals surface area (Å²) in [4.78, 5) is 9.08. The van der Waals surface area contributed by atoms with Crippen LogP contribution in [0.4, 0.5) is 5.69 Å². The van der Waals surface area contributed by atoms with Gasteiger partial charge in [-0.1, -0.05) is 0 Å². The van der Waals surface area contributed by atoms with E-state index in [0.29, 0.717) is 0 Å². The van der Waals surface area contributed by atoms with Gasteiger partial charge < -0.3 is 9.80 Å². The summed E-state index contributed by atoms with van der Waals surface area (Å²) >= 11 is 0. The van der Waals surface area contributed by atoms with Crippen molar-refractivity contribution in [3.8, 4) is 0 Å². The number of likely N-dealkylation sites (N-methyl/N-ethyl adjacent to an activating group) is 1. The highest BCUT2D eigenvalue weighted by molar-refractivity contribution is 5.77. The average Bonchev–Trinajstić information content (AvgIpc) is 2.77. The molecule has 1 fully saturated rings. The SMILES string of the molecule is CN1CCN(c2cnc3[nH]ncc3c2)CC1. The second-order valence-corrected chi connectivity index (χ2v) is 4.29. The van der Waals surface area contributed by atoms with E-state index in [9.17, 15) is 0 Å². The van der Waals surface area contributed by atoms with Crippen LogP contribution in [-0.4, -0.2) is 53.3 Å². The number of H-pyrrole nitrogens is 1. The molecule has 0 aliphatic carbocycles. The Hall–Kier alpha value is -1.62. The quantitative estimate of drug-likeness (QED) is 0.764. The summed E-state index contributed by atoms with van der Waals surface area (Å²) < 4.78 is 0. The molecule has 1 aliphatic rings. The predicted octanol–water partition coefficient (Wildman–Crippen LogP) is 0.710. The van der Waals surface area contributed by atoms with Gasteiger partial charge in [-0.3, -0.25) is 5.10 Å². The number of anilines is 1. The number of aromatic amines is 1. The fourth-order valence-electron chi connectivity index (χ4n) is 2.06. The van der Waals surface area contributed by atoms with Crippen molar-refractivity contribution in [2.75, 3.05) is 38.1 Å². The molecule has 5 heteroatoms. The van der Waals surface area contributed by atoms with Gasteiger partial charge in [-0.05, 0) is 13.1 Å². The number of piperazine rings is 1. The third kappa shape index (κ3) is 1.63. The van der Waals surface area contributed by atoms with E-state index in [-0.39, 0.29) is 0 Å². The monoisotopic (exact) mass is 217 g/mol. The Labute approximate surface area is 94.1 Å². The van der Waals surface area contributed by atoms with Gasteiger partial charge in [0.2, 0.25) is 0 Å². The zero-order chi connectivity index (χ0) is 11.0. The number of hydrogen-bond acceptors (Lipinski definition) is 4. The second kappa shape index (κ2) is 3.75. The Morgan fingerprint density at radius 3 is 2.81 bits per heavy atom. The molecule has 0 amide bonds. The highest BCUT2D eigenvalue weighted by Gasteiger charge is 2.14. The fourth-order valence-corrected chi connectivity index (χ4v) is 2.06. The van der Waals surface area contributed by atoms with Gasteiger partial charge in [0.25, 0.3) is 0 Å². The Bertz CT molecular complexity index is 484. The first kappa shape index (κ1) is 9.59. The molecule has 0 bridgehead atoms. The molecule has 2 aromatic rings. The lowest BCUT2D eigenvalue weighted by Gasteiger charge is -2.33. The molecule has 0 aromatic carbocycles. The van der Waals surface area contributed by atoms with Crippen molar-refractivity contribution >= 4 is 16.7 Å². The van der Waals surface area contributed by atoms with Crippen molar-refractivity contribution < 1.29 is 0 Å². The highest BCUT2D eigenvalue weighted by atomic mass is 15.3. The standard InChI is InChI=1S/C11H15N5/c1-15-2-4-16(5-3-15)10-6-9-7-13-14-11(9)12-8-10/h6-8H,2-5H2,1H3,(H,12,13,14). The van der Waals surface area contributed by atoms with E-state index in [1.54, 1.807) is 0 Å². The van der Waals surface area contributed by atoms with Crippen molar-refractivity contribution in [3.05, 3.63) is 18.5 Å². The van der Waals surface area contributed by atoms with E-state index in [0.717, 1.165) is 37.2 Å². The largest absolute Gasteiger partial charge is 0.368 e. The minimum absolute atomic E-state index is 0.859. The third-order valence-corrected chi connectivity index (χ3v) is 3.15. The third-order valence-electron chi connectivity index (χ3n) is 3.15. The first-order chi connectivity index (χ1) is 7.83. The summed E-state index contributed by atoms with van der Waals surface area (Å²) in [6, 6.07) is 2.15. The number of fused-ring (bicyclic) bond motifs is 1. The van der Waals surface area contributed by atoms with Crippen LogP contribution in [-0.2, 0) is 0 Å². The van der Waals surface area contributed by atoms with Crippen molar-refractivity contribution in [2.24, 2.45) is 0 Å². The van der Waals surface area contributed by atoms with E-state index >= 15 is 0 Å². The smallest absolute Gasteiger partial charge is 0.155 e. The summed E-state index contributed by atoms with van der Waals surface area (Å²) in [5.74, 6) is 0. The van der Waals surface area contributed by atoms with Crippen molar-refractivity contribution in [3.63, 3.8) is 0 Å². The van der Waals surface area contributed by atoms with Crippen LogP contribution in [0.1, 0.15) is 0 Å². The zero-order valence-corrected chi connectivity index (χ0v) is 9.35. The number of hydrogen-bond donors (Lipinski definition) is 1.